The second-order valence-corrected chi connectivity index (χ2v) is 5.13. The van der Waals surface area contributed by atoms with Crippen LogP contribution in [-0.4, -0.2) is 23.2 Å². The molecule has 2 N–H and O–H groups in total. The maximum atomic E-state index is 10.9. The molecule has 0 saturated heterocycles. The summed E-state index contributed by atoms with van der Waals surface area (Å²) in [5, 5.41) is 10.0. The van der Waals surface area contributed by atoms with E-state index in [-0.39, 0.29) is 5.69 Å². The summed E-state index contributed by atoms with van der Waals surface area (Å²) in [6.07, 6.45) is 0. The van der Waals surface area contributed by atoms with E-state index in [1.807, 2.05) is 24.3 Å². The summed E-state index contributed by atoms with van der Waals surface area (Å²) in [6.45, 7) is 0. The molecule has 0 saturated carbocycles. The summed E-state index contributed by atoms with van der Waals surface area (Å²) in [7, 11) is 1.64. The van der Waals surface area contributed by atoms with Gasteiger partial charge in [-0.2, -0.15) is 0 Å². The number of thiophene rings is 1. The molecule has 3 aromatic rings. The maximum absolute atomic E-state index is 10.9. The van der Waals surface area contributed by atoms with E-state index in [0.29, 0.717) is 0 Å². The van der Waals surface area contributed by atoms with E-state index in [1.54, 1.807) is 30.6 Å². The van der Waals surface area contributed by atoms with Gasteiger partial charge in [-0.15, -0.1) is 11.3 Å². The Hall–Kier alpha value is -2.27. The quantitative estimate of drug-likeness (QED) is 0.766. The van der Waals surface area contributed by atoms with Crippen LogP contribution in [0.2, 0.25) is 0 Å². The highest BCUT2D eigenvalue weighted by molar-refractivity contribution is 7.22. The predicted molar refractivity (Wildman–Crippen MR) is 75.1 cm³/mol. The number of aromatic amines is 1. The molecule has 2 aromatic heterocycles. The van der Waals surface area contributed by atoms with Gasteiger partial charge in [0.15, 0.2) is 0 Å². The zero-order chi connectivity index (χ0) is 13.4. The molecule has 0 atom stereocenters. The van der Waals surface area contributed by atoms with Crippen molar-refractivity contribution in [2.75, 3.05) is 7.11 Å². The molecule has 0 radical (unpaired) electrons. The Labute approximate surface area is 113 Å². The molecule has 96 valence electrons. The molecule has 0 fully saturated rings. The standard InChI is InChI=1S/C14H11NO3S/c1-18-11-4-2-3-8-7-12(19-13(8)11)9-5-6-10(15-9)14(16)17/h2-7,15H,1H3,(H,16,17). The highest BCUT2D eigenvalue weighted by atomic mass is 32.1. The van der Waals surface area contributed by atoms with Crippen molar-refractivity contribution in [3.63, 3.8) is 0 Å². The number of carboxylic acids is 1. The third kappa shape index (κ3) is 1.98. The van der Waals surface area contributed by atoms with Crippen molar-refractivity contribution < 1.29 is 14.6 Å². The fraction of sp³-hybridized carbons (Fsp3) is 0.0714. The van der Waals surface area contributed by atoms with Crippen LogP contribution in [0.3, 0.4) is 0 Å². The monoisotopic (exact) mass is 273 g/mol. The Kier molecular flexibility index (Phi) is 2.76. The Morgan fingerprint density at radius 1 is 1.32 bits per heavy atom. The number of benzene rings is 1. The fourth-order valence-electron chi connectivity index (χ4n) is 1.99. The van der Waals surface area contributed by atoms with Gasteiger partial charge >= 0.3 is 5.97 Å². The number of fused-ring (bicyclic) bond motifs is 1. The van der Waals surface area contributed by atoms with E-state index in [1.165, 1.54) is 0 Å². The highest BCUT2D eigenvalue weighted by Gasteiger charge is 2.11. The second kappa shape index (κ2) is 4.44. The number of carboxylic acid groups (broad SMARTS) is 1. The Morgan fingerprint density at radius 2 is 2.16 bits per heavy atom. The second-order valence-electron chi connectivity index (χ2n) is 4.08. The fourth-order valence-corrected chi connectivity index (χ4v) is 3.13. The number of ether oxygens (including phenoxy) is 1. The van der Waals surface area contributed by atoms with E-state index in [2.05, 4.69) is 4.98 Å². The minimum atomic E-state index is -0.954. The Balaban J connectivity index is 2.12. The zero-order valence-electron chi connectivity index (χ0n) is 10.1. The molecule has 0 spiro atoms. The van der Waals surface area contributed by atoms with E-state index < -0.39 is 5.97 Å². The van der Waals surface area contributed by atoms with E-state index in [0.717, 1.165) is 26.4 Å². The molecule has 0 aliphatic heterocycles. The van der Waals surface area contributed by atoms with Gasteiger partial charge in [0, 0.05) is 0 Å². The average Bonchev–Trinajstić information content (AvgIpc) is 3.04. The van der Waals surface area contributed by atoms with Crippen molar-refractivity contribution in [1.29, 1.82) is 0 Å². The molecule has 0 unspecified atom stereocenters. The third-order valence-electron chi connectivity index (χ3n) is 2.91. The molecule has 0 aliphatic rings. The van der Waals surface area contributed by atoms with Crippen LogP contribution in [0.4, 0.5) is 0 Å². The van der Waals surface area contributed by atoms with Crippen molar-refractivity contribution in [3.05, 3.63) is 42.1 Å². The summed E-state index contributed by atoms with van der Waals surface area (Å²) in [6, 6.07) is 11.2. The normalized spacial score (nSPS) is 10.8. The number of hydrogen-bond donors (Lipinski definition) is 2. The summed E-state index contributed by atoms with van der Waals surface area (Å²) in [4.78, 5) is 14.8. The van der Waals surface area contributed by atoms with Crippen molar-refractivity contribution in [2.24, 2.45) is 0 Å². The number of nitrogens with one attached hydrogen (secondary N) is 1. The molecule has 5 heteroatoms. The van der Waals surface area contributed by atoms with Crippen LogP contribution in [0, 0.1) is 0 Å². The summed E-state index contributed by atoms with van der Waals surface area (Å²) >= 11 is 1.58. The lowest BCUT2D eigenvalue weighted by molar-refractivity contribution is 0.0691. The third-order valence-corrected chi connectivity index (χ3v) is 4.11. The molecular weight excluding hydrogens is 262 g/mol. The van der Waals surface area contributed by atoms with Crippen molar-refractivity contribution in [1.82, 2.24) is 4.98 Å². The van der Waals surface area contributed by atoms with Crippen LogP contribution in [0.1, 0.15) is 10.5 Å². The van der Waals surface area contributed by atoms with Gasteiger partial charge in [0.25, 0.3) is 0 Å². The number of carbonyl (C=O) groups is 1. The van der Waals surface area contributed by atoms with Gasteiger partial charge in [-0.05, 0) is 29.7 Å². The van der Waals surface area contributed by atoms with E-state index >= 15 is 0 Å². The molecule has 0 bridgehead atoms. The van der Waals surface area contributed by atoms with Gasteiger partial charge in [-0.25, -0.2) is 4.79 Å². The molecule has 4 nitrogen and oxygen atoms in total. The predicted octanol–water partition coefficient (Wildman–Crippen LogP) is 3.60. The first kappa shape index (κ1) is 11.8. The van der Waals surface area contributed by atoms with Gasteiger partial charge in [-0.3, -0.25) is 0 Å². The zero-order valence-corrected chi connectivity index (χ0v) is 11.0. The Bertz CT molecular complexity index is 757. The van der Waals surface area contributed by atoms with Gasteiger partial charge in [0.05, 0.1) is 22.4 Å². The van der Waals surface area contributed by atoms with Crippen LogP contribution in [0.25, 0.3) is 20.7 Å². The van der Waals surface area contributed by atoms with Crippen molar-refractivity contribution >= 4 is 27.4 Å². The first-order valence-electron chi connectivity index (χ1n) is 5.68. The number of rotatable bonds is 3. The lowest BCUT2D eigenvalue weighted by Crippen LogP contribution is -1.95. The average molecular weight is 273 g/mol. The van der Waals surface area contributed by atoms with Crippen LogP contribution in [0.5, 0.6) is 5.75 Å². The number of hydrogen-bond acceptors (Lipinski definition) is 3. The minimum absolute atomic E-state index is 0.194. The minimum Gasteiger partial charge on any atom is -0.495 e. The first-order chi connectivity index (χ1) is 9.19. The number of aromatic nitrogens is 1. The van der Waals surface area contributed by atoms with Gasteiger partial charge in [0.2, 0.25) is 0 Å². The summed E-state index contributed by atoms with van der Waals surface area (Å²) in [5.41, 5.74) is 1.00. The molecule has 2 heterocycles. The van der Waals surface area contributed by atoms with Crippen molar-refractivity contribution in [2.45, 2.75) is 0 Å². The number of aromatic carboxylic acids is 1. The van der Waals surface area contributed by atoms with Gasteiger partial charge in [-0.1, -0.05) is 12.1 Å². The lowest BCUT2D eigenvalue weighted by Gasteiger charge is -1.98. The summed E-state index contributed by atoms with van der Waals surface area (Å²) < 4.78 is 6.39. The topological polar surface area (TPSA) is 62.3 Å². The molecule has 19 heavy (non-hydrogen) atoms. The van der Waals surface area contributed by atoms with Crippen LogP contribution in [0.15, 0.2) is 36.4 Å². The van der Waals surface area contributed by atoms with Crippen LogP contribution >= 0.6 is 11.3 Å². The number of methoxy groups -OCH3 is 1. The van der Waals surface area contributed by atoms with Crippen molar-refractivity contribution in [3.8, 4) is 16.3 Å². The first-order valence-corrected chi connectivity index (χ1v) is 6.50. The smallest absolute Gasteiger partial charge is 0.352 e. The SMILES string of the molecule is COc1cccc2cc(-c3ccc(C(=O)O)[nH]3)sc12. The highest BCUT2D eigenvalue weighted by Crippen LogP contribution is 2.38. The molecule has 3 rings (SSSR count). The maximum Gasteiger partial charge on any atom is 0.352 e. The molecule has 0 aliphatic carbocycles. The van der Waals surface area contributed by atoms with Gasteiger partial charge in [0.1, 0.15) is 11.4 Å². The summed E-state index contributed by atoms with van der Waals surface area (Å²) in [5.74, 6) is -0.122. The van der Waals surface area contributed by atoms with Gasteiger partial charge < -0.3 is 14.8 Å². The molecule has 0 amide bonds. The molecule has 1 aromatic carbocycles. The largest absolute Gasteiger partial charge is 0.495 e. The number of H-pyrrole nitrogens is 1. The lowest BCUT2D eigenvalue weighted by atomic mass is 10.2. The van der Waals surface area contributed by atoms with E-state index in [4.69, 9.17) is 9.84 Å². The Morgan fingerprint density at radius 3 is 2.84 bits per heavy atom. The van der Waals surface area contributed by atoms with Crippen LogP contribution < -0.4 is 4.74 Å². The molecular formula is C14H11NO3S. The van der Waals surface area contributed by atoms with Crippen LogP contribution in [-0.2, 0) is 0 Å². The van der Waals surface area contributed by atoms with E-state index in [9.17, 15) is 4.79 Å².